The molecule has 1 aliphatic rings. The molecule has 2 heterocycles. The number of nitrogens with zero attached hydrogens (tertiary/aromatic N) is 4. The minimum Gasteiger partial charge on any atom is -0.361 e. The maximum absolute atomic E-state index is 13.0. The van der Waals surface area contributed by atoms with E-state index in [0.29, 0.717) is 41.1 Å². The maximum atomic E-state index is 13.0. The minimum absolute atomic E-state index is 0.107. The molecule has 7 nitrogen and oxygen atoms in total. The molecule has 0 saturated carbocycles. The van der Waals surface area contributed by atoms with Crippen molar-refractivity contribution >= 4 is 35.6 Å². The Kier molecular flexibility index (Phi) is 6.75. The van der Waals surface area contributed by atoms with Crippen LogP contribution in [0.15, 0.2) is 34.6 Å². The van der Waals surface area contributed by atoms with Crippen molar-refractivity contribution in [3.63, 3.8) is 0 Å². The van der Waals surface area contributed by atoms with E-state index in [4.69, 9.17) is 5.73 Å². The Labute approximate surface area is 174 Å². The molecule has 3 rings (SSSR count). The van der Waals surface area contributed by atoms with Crippen LogP contribution in [0.2, 0.25) is 0 Å². The van der Waals surface area contributed by atoms with E-state index in [0.717, 1.165) is 24.9 Å². The Balaban J connectivity index is 1.81. The number of carbonyl (C=O) groups is 2. The number of amides is 1. The van der Waals surface area contributed by atoms with Crippen molar-refractivity contribution in [1.29, 1.82) is 5.26 Å². The molecular weight excluding hydrogens is 386 g/mol. The van der Waals surface area contributed by atoms with Gasteiger partial charge in [-0.3, -0.25) is 9.59 Å². The second kappa shape index (κ2) is 9.45. The topological polar surface area (TPSA) is 103 Å². The average molecular weight is 410 g/mol. The quantitative estimate of drug-likeness (QED) is 0.449. The third-order valence-electron chi connectivity index (χ3n) is 4.84. The van der Waals surface area contributed by atoms with E-state index in [9.17, 15) is 14.9 Å². The first-order valence-electron chi connectivity index (χ1n) is 9.37. The summed E-state index contributed by atoms with van der Waals surface area (Å²) in [4.78, 5) is 32.9. The Bertz CT molecular complexity index is 962. The van der Waals surface area contributed by atoms with E-state index in [2.05, 4.69) is 11.1 Å². The van der Waals surface area contributed by atoms with Crippen LogP contribution < -0.4 is 5.73 Å². The normalized spacial score (nSPS) is 16.6. The van der Waals surface area contributed by atoms with E-state index in [1.165, 1.54) is 16.2 Å². The molecule has 2 aromatic rings. The highest BCUT2D eigenvalue weighted by atomic mass is 32.1. The van der Waals surface area contributed by atoms with Gasteiger partial charge in [0.25, 0.3) is 5.91 Å². The van der Waals surface area contributed by atoms with Crippen LogP contribution in [-0.4, -0.2) is 54.5 Å². The molecule has 29 heavy (non-hydrogen) atoms. The summed E-state index contributed by atoms with van der Waals surface area (Å²) in [6, 6.07) is 9.43. The molecule has 0 bridgehead atoms. The lowest BCUT2D eigenvalue weighted by atomic mass is 10.1. The Hall–Kier alpha value is -3.02. The Morgan fingerprint density at radius 3 is 3.00 bits per heavy atom. The highest BCUT2D eigenvalue weighted by molar-refractivity contribution is 7.13. The number of nitrogens with two attached hydrogens (primary N) is 1. The number of carbonyl (C=O) groups excluding carboxylic acids is 2. The van der Waals surface area contributed by atoms with Gasteiger partial charge >= 0.3 is 0 Å². The lowest BCUT2D eigenvalue weighted by molar-refractivity contribution is 0.0790. The number of aldehydes is 1. The molecule has 1 aromatic heterocycles. The fraction of sp³-hybridized carbons (Fsp3) is 0.333. The molecule has 1 aliphatic heterocycles. The molecule has 8 heteroatoms. The van der Waals surface area contributed by atoms with E-state index in [1.807, 2.05) is 17.0 Å². The number of aliphatic imine (C=N–C) groups is 1. The monoisotopic (exact) mass is 409 g/mol. The average Bonchev–Trinajstić information content (AvgIpc) is 3.15. The summed E-state index contributed by atoms with van der Waals surface area (Å²) in [6.45, 7) is 1.85. The largest absolute Gasteiger partial charge is 0.361 e. The van der Waals surface area contributed by atoms with E-state index < -0.39 is 0 Å². The zero-order valence-corrected chi connectivity index (χ0v) is 17.1. The summed E-state index contributed by atoms with van der Waals surface area (Å²) < 4.78 is 0. The Morgan fingerprint density at radius 1 is 1.48 bits per heavy atom. The molecule has 0 spiro atoms. The first-order valence-corrected chi connectivity index (χ1v) is 10.3. The van der Waals surface area contributed by atoms with Crippen LogP contribution in [0.1, 0.15) is 44.0 Å². The SMILES string of the molecule is CN(Cc1ccccc1C#N)C(=O)c1scc(C=O)c1N=CN1CCC[C@@H](N)C1. The predicted molar refractivity (Wildman–Crippen MR) is 114 cm³/mol. The van der Waals surface area contributed by atoms with Crippen LogP contribution in [0.4, 0.5) is 5.69 Å². The van der Waals surface area contributed by atoms with Crippen LogP contribution in [0.25, 0.3) is 0 Å². The van der Waals surface area contributed by atoms with Crippen molar-refractivity contribution in [1.82, 2.24) is 9.80 Å². The predicted octanol–water partition coefficient (Wildman–Crippen LogP) is 2.79. The zero-order valence-electron chi connectivity index (χ0n) is 16.2. The van der Waals surface area contributed by atoms with E-state index in [1.54, 1.807) is 30.9 Å². The van der Waals surface area contributed by atoms with Gasteiger partial charge in [-0.05, 0) is 24.5 Å². The van der Waals surface area contributed by atoms with Crippen molar-refractivity contribution < 1.29 is 9.59 Å². The van der Waals surface area contributed by atoms with E-state index in [-0.39, 0.29) is 11.9 Å². The van der Waals surface area contributed by atoms with Gasteiger partial charge in [-0.1, -0.05) is 18.2 Å². The Morgan fingerprint density at radius 2 is 2.28 bits per heavy atom. The molecular formula is C21H23N5O2S. The highest BCUT2D eigenvalue weighted by Crippen LogP contribution is 2.31. The molecule has 1 aromatic carbocycles. The third-order valence-corrected chi connectivity index (χ3v) is 5.82. The van der Waals surface area contributed by atoms with Crippen molar-refractivity contribution in [2.45, 2.75) is 25.4 Å². The molecule has 2 N–H and O–H groups in total. The van der Waals surface area contributed by atoms with Gasteiger partial charge in [0.1, 0.15) is 4.88 Å². The van der Waals surface area contributed by atoms with Gasteiger partial charge in [0.2, 0.25) is 0 Å². The van der Waals surface area contributed by atoms with E-state index >= 15 is 0 Å². The molecule has 1 amide bonds. The third kappa shape index (κ3) is 4.88. The molecule has 0 aliphatic carbocycles. The van der Waals surface area contributed by atoms with Gasteiger partial charge in [-0.25, -0.2) is 4.99 Å². The molecule has 150 valence electrons. The number of nitriles is 1. The summed E-state index contributed by atoms with van der Waals surface area (Å²) in [5, 5.41) is 10.9. The van der Waals surface area contributed by atoms with Crippen molar-refractivity contribution in [3.05, 3.63) is 51.2 Å². The fourth-order valence-electron chi connectivity index (χ4n) is 3.29. The maximum Gasteiger partial charge on any atom is 0.266 e. The summed E-state index contributed by atoms with van der Waals surface area (Å²) in [5.74, 6) is -0.238. The molecule has 1 fully saturated rings. The second-order valence-corrected chi connectivity index (χ2v) is 7.94. The fourth-order valence-corrected chi connectivity index (χ4v) is 4.24. The summed E-state index contributed by atoms with van der Waals surface area (Å²) in [7, 11) is 1.67. The number of thiophene rings is 1. The second-order valence-electron chi connectivity index (χ2n) is 7.06. The number of rotatable bonds is 6. The summed E-state index contributed by atoms with van der Waals surface area (Å²) >= 11 is 1.20. The number of benzene rings is 1. The van der Waals surface area contributed by atoms with Gasteiger partial charge in [0, 0.05) is 38.1 Å². The lowest BCUT2D eigenvalue weighted by Crippen LogP contribution is -2.41. The van der Waals surface area contributed by atoms with Gasteiger partial charge in [-0.2, -0.15) is 5.26 Å². The molecule has 1 atom stereocenters. The van der Waals surface area contributed by atoms with Crippen LogP contribution >= 0.6 is 11.3 Å². The number of piperidine rings is 1. The lowest BCUT2D eigenvalue weighted by Gasteiger charge is -2.28. The first kappa shape index (κ1) is 20.7. The number of likely N-dealkylation sites (tertiary alicyclic amines) is 1. The molecule has 0 radical (unpaired) electrons. The smallest absolute Gasteiger partial charge is 0.266 e. The van der Waals surface area contributed by atoms with Crippen LogP contribution in [0, 0.1) is 11.3 Å². The zero-order chi connectivity index (χ0) is 20.8. The molecule has 1 saturated heterocycles. The van der Waals surface area contributed by atoms with Crippen molar-refractivity contribution in [3.8, 4) is 6.07 Å². The molecule has 0 unspecified atom stereocenters. The van der Waals surface area contributed by atoms with Gasteiger partial charge < -0.3 is 15.5 Å². The minimum atomic E-state index is -0.238. The van der Waals surface area contributed by atoms with Gasteiger partial charge in [0.15, 0.2) is 6.29 Å². The summed E-state index contributed by atoms with van der Waals surface area (Å²) in [6.07, 6.45) is 4.37. The van der Waals surface area contributed by atoms with Crippen molar-refractivity contribution in [2.75, 3.05) is 20.1 Å². The standard InChI is InChI=1S/C21H23N5O2S/c1-25(10-16-6-3-2-5-15(16)9-22)21(28)20-19(17(12-27)13-29-20)24-14-26-8-4-7-18(23)11-26/h2-3,5-6,12-14,18H,4,7-8,10-11,23H2,1H3/t18-/m1/s1. The van der Waals surface area contributed by atoms with Crippen LogP contribution in [-0.2, 0) is 6.54 Å². The van der Waals surface area contributed by atoms with Crippen molar-refractivity contribution in [2.24, 2.45) is 10.7 Å². The van der Waals surface area contributed by atoms with Crippen LogP contribution in [0.5, 0.6) is 0 Å². The summed E-state index contributed by atoms with van der Waals surface area (Å²) in [5.41, 5.74) is 8.08. The number of hydrogen-bond acceptors (Lipinski definition) is 6. The first-order chi connectivity index (χ1) is 14.0. The van der Waals surface area contributed by atoms with Gasteiger partial charge in [0.05, 0.1) is 29.2 Å². The van der Waals surface area contributed by atoms with Gasteiger partial charge in [-0.15, -0.1) is 11.3 Å². The van der Waals surface area contributed by atoms with Crippen LogP contribution in [0.3, 0.4) is 0 Å². The number of hydrogen-bond donors (Lipinski definition) is 1. The highest BCUT2D eigenvalue weighted by Gasteiger charge is 2.22.